The number of hydrogen-bond acceptors (Lipinski definition) is 3. The number of anilines is 2. The largest absolute Gasteiger partial charge is 0.418 e. The van der Waals surface area contributed by atoms with E-state index in [4.69, 9.17) is 0 Å². The van der Waals surface area contributed by atoms with Crippen molar-refractivity contribution in [3.05, 3.63) is 45.1 Å². The van der Waals surface area contributed by atoms with E-state index in [9.17, 15) is 18.0 Å². The third-order valence-electron chi connectivity index (χ3n) is 4.63. The van der Waals surface area contributed by atoms with E-state index in [2.05, 4.69) is 12.2 Å². The third-order valence-corrected chi connectivity index (χ3v) is 5.86. The first-order valence-electron chi connectivity index (χ1n) is 8.46. The molecule has 0 radical (unpaired) electrons. The fraction of sp³-hybridized carbons (Fsp3) is 0.421. The topological polar surface area (TPSA) is 32.3 Å². The molecule has 0 unspecified atom stereocenters. The van der Waals surface area contributed by atoms with Crippen LogP contribution in [-0.4, -0.2) is 20.0 Å². The predicted octanol–water partition coefficient (Wildman–Crippen LogP) is 5.21. The average molecular weight is 382 g/mol. The van der Waals surface area contributed by atoms with Crippen molar-refractivity contribution in [2.45, 2.75) is 32.4 Å². The molecule has 0 fully saturated rings. The van der Waals surface area contributed by atoms with E-state index in [1.165, 1.54) is 22.3 Å². The maximum atomic E-state index is 13.4. The number of halogens is 3. The number of rotatable bonds is 3. The van der Waals surface area contributed by atoms with Gasteiger partial charge in [0.1, 0.15) is 0 Å². The molecule has 0 saturated carbocycles. The van der Waals surface area contributed by atoms with Crippen LogP contribution in [0.1, 0.15) is 39.0 Å². The summed E-state index contributed by atoms with van der Waals surface area (Å²) >= 11 is 1.38. The summed E-state index contributed by atoms with van der Waals surface area (Å²) in [6, 6.07) is 5.75. The molecule has 3 nitrogen and oxygen atoms in total. The predicted molar refractivity (Wildman–Crippen MR) is 99.2 cm³/mol. The second-order valence-corrected chi connectivity index (χ2v) is 8.12. The van der Waals surface area contributed by atoms with Crippen LogP contribution < -0.4 is 10.2 Å². The zero-order chi connectivity index (χ0) is 19.1. The van der Waals surface area contributed by atoms with Crippen LogP contribution in [0.2, 0.25) is 0 Å². The van der Waals surface area contributed by atoms with E-state index in [-0.39, 0.29) is 5.69 Å². The molecule has 1 aromatic heterocycles. The van der Waals surface area contributed by atoms with Crippen LogP contribution in [0.5, 0.6) is 0 Å². The highest BCUT2D eigenvalue weighted by Gasteiger charge is 2.34. The van der Waals surface area contributed by atoms with Gasteiger partial charge in [-0.25, -0.2) is 0 Å². The van der Waals surface area contributed by atoms with E-state index in [1.807, 2.05) is 6.07 Å². The minimum absolute atomic E-state index is 0.215. The van der Waals surface area contributed by atoms with Crippen LogP contribution in [-0.2, 0) is 19.0 Å². The van der Waals surface area contributed by atoms with Crippen molar-refractivity contribution >= 4 is 28.6 Å². The third kappa shape index (κ3) is 3.87. The summed E-state index contributed by atoms with van der Waals surface area (Å²) in [5.41, 5.74) is 0.522. The molecular weight excluding hydrogens is 361 g/mol. The minimum Gasteiger partial charge on any atom is -0.378 e. The maximum Gasteiger partial charge on any atom is 0.418 e. The Labute approximate surface area is 154 Å². The fourth-order valence-corrected chi connectivity index (χ4v) is 4.26. The summed E-state index contributed by atoms with van der Waals surface area (Å²) in [5.74, 6) is 0.0866. The Morgan fingerprint density at radius 3 is 2.65 bits per heavy atom. The van der Waals surface area contributed by atoms with Gasteiger partial charge in [0.05, 0.1) is 16.1 Å². The number of benzene rings is 1. The average Bonchev–Trinajstić information content (AvgIpc) is 2.97. The number of alkyl halides is 3. The fourth-order valence-electron chi connectivity index (χ4n) is 3.16. The van der Waals surface area contributed by atoms with Crippen LogP contribution in [0.15, 0.2) is 24.3 Å². The Balaban J connectivity index is 1.88. The number of amides is 1. The van der Waals surface area contributed by atoms with Gasteiger partial charge in [-0.15, -0.1) is 11.3 Å². The smallest absolute Gasteiger partial charge is 0.378 e. The van der Waals surface area contributed by atoms with Crippen molar-refractivity contribution in [2.24, 2.45) is 5.92 Å². The highest BCUT2D eigenvalue weighted by molar-refractivity contribution is 7.14. The zero-order valence-electron chi connectivity index (χ0n) is 14.9. The van der Waals surface area contributed by atoms with Gasteiger partial charge < -0.3 is 10.2 Å². The second-order valence-electron chi connectivity index (χ2n) is 6.98. The molecule has 7 heteroatoms. The summed E-state index contributed by atoms with van der Waals surface area (Å²) in [4.78, 5) is 15.8. The van der Waals surface area contributed by atoms with Crippen molar-refractivity contribution in [2.75, 3.05) is 24.3 Å². The lowest BCUT2D eigenvalue weighted by Gasteiger charge is -2.18. The SMILES string of the molecule is C[C@@H]1CCc2sc(C(=O)Nc3ccc(N(C)C)cc3C(F)(F)F)cc2C1. The van der Waals surface area contributed by atoms with Crippen molar-refractivity contribution in [1.29, 1.82) is 0 Å². The number of carbonyl (C=O) groups excluding carboxylic acids is 1. The van der Waals surface area contributed by atoms with E-state index < -0.39 is 17.6 Å². The molecule has 1 aromatic carbocycles. The van der Waals surface area contributed by atoms with E-state index in [1.54, 1.807) is 25.1 Å². The summed E-state index contributed by atoms with van der Waals surface area (Å²) in [7, 11) is 3.34. The van der Waals surface area contributed by atoms with E-state index in [0.29, 0.717) is 16.5 Å². The molecule has 0 aliphatic heterocycles. The van der Waals surface area contributed by atoms with Crippen LogP contribution in [0, 0.1) is 5.92 Å². The quantitative estimate of drug-likeness (QED) is 0.790. The number of carbonyl (C=O) groups is 1. The van der Waals surface area contributed by atoms with E-state index in [0.717, 1.165) is 30.9 Å². The first kappa shape index (κ1) is 18.8. The number of nitrogens with zero attached hydrogens (tertiary/aromatic N) is 1. The number of fused-ring (bicyclic) bond motifs is 1. The Bertz CT molecular complexity index is 827. The molecule has 26 heavy (non-hydrogen) atoms. The molecule has 3 rings (SSSR count). The number of nitrogens with one attached hydrogen (secondary N) is 1. The highest BCUT2D eigenvalue weighted by atomic mass is 32.1. The van der Waals surface area contributed by atoms with E-state index >= 15 is 0 Å². The molecule has 1 amide bonds. The zero-order valence-corrected chi connectivity index (χ0v) is 15.7. The molecule has 1 N–H and O–H groups in total. The Hall–Kier alpha value is -2.02. The lowest BCUT2D eigenvalue weighted by molar-refractivity contribution is -0.136. The van der Waals surface area contributed by atoms with Gasteiger partial charge in [0, 0.05) is 24.7 Å². The van der Waals surface area contributed by atoms with Gasteiger partial charge in [-0.3, -0.25) is 4.79 Å². The summed E-state index contributed by atoms with van der Waals surface area (Å²) in [6.45, 7) is 2.17. The first-order valence-corrected chi connectivity index (χ1v) is 9.28. The molecule has 1 aliphatic carbocycles. The lowest BCUT2D eigenvalue weighted by atomic mass is 9.90. The molecule has 0 spiro atoms. The second kappa shape index (κ2) is 6.95. The summed E-state index contributed by atoms with van der Waals surface area (Å²) < 4.78 is 40.2. The summed E-state index contributed by atoms with van der Waals surface area (Å²) in [5, 5.41) is 2.45. The van der Waals surface area contributed by atoms with Gasteiger partial charge in [-0.2, -0.15) is 13.2 Å². The van der Waals surface area contributed by atoms with Crippen molar-refractivity contribution in [3.63, 3.8) is 0 Å². The van der Waals surface area contributed by atoms with Crippen LogP contribution in [0.4, 0.5) is 24.5 Å². The molecule has 1 atom stereocenters. The molecule has 0 saturated heterocycles. The number of thiophene rings is 1. The minimum atomic E-state index is -4.54. The standard InChI is InChI=1S/C19H21F3N2OS/c1-11-4-7-16-12(8-11)9-17(26-16)18(25)23-15-6-5-13(24(2)3)10-14(15)19(20,21)22/h5-6,9-11H,4,7-8H2,1-3H3,(H,23,25)/t11-/m1/s1. The van der Waals surface area contributed by atoms with Crippen LogP contribution in [0.3, 0.4) is 0 Å². The van der Waals surface area contributed by atoms with Gasteiger partial charge >= 0.3 is 6.18 Å². The molecule has 1 heterocycles. The molecule has 1 aliphatic rings. The first-order chi connectivity index (χ1) is 12.1. The van der Waals surface area contributed by atoms with Crippen LogP contribution >= 0.6 is 11.3 Å². The number of hydrogen-bond donors (Lipinski definition) is 1. The van der Waals surface area contributed by atoms with Gasteiger partial charge in [0.25, 0.3) is 5.91 Å². The molecule has 0 bridgehead atoms. The van der Waals surface area contributed by atoms with Crippen LogP contribution in [0.25, 0.3) is 0 Å². The highest BCUT2D eigenvalue weighted by Crippen LogP contribution is 2.38. The van der Waals surface area contributed by atoms with Gasteiger partial charge in [0.2, 0.25) is 0 Å². The van der Waals surface area contributed by atoms with Crippen molar-refractivity contribution in [1.82, 2.24) is 0 Å². The lowest BCUT2D eigenvalue weighted by Crippen LogP contribution is -2.17. The van der Waals surface area contributed by atoms with Gasteiger partial charge in [0.15, 0.2) is 0 Å². The molecule has 2 aromatic rings. The van der Waals surface area contributed by atoms with Crippen molar-refractivity contribution < 1.29 is 18.0 Å². The Morgan fingerprint density at radius 2 is 2.00 bits per heavy atom. The summed E-state index contributed by atoms with van der Waals surface area (Å²) in [6.07, 6.45) is -1.61. The Kier molecular flexibility index (Phi) is 5.01. The number of aryl methyl sites for hydroxylation is 1. The maximum absolute atomic E-state index is 13.4. The van der Waals surface area contributed by atoms with Crippen molar-refractivity contribution in [3.8, 4) is 0 Å². The molecular formula is C19H21F3N2OS. The van der Waals surface area contributed by atoms with Gasteiger partial charge in [-0.05, 0) is 55.0 Å². The Morgan fingerprint density at radius 1 is 1.27 bits per heavy atom. The van der Waals surface area contributed by atoms with Gasteiger partial charge in [-0.1, -0.05) is 6.92 Å². The monoisotopic (exact) mass is 382 g/mol. The normalized spacial score (nSPS) is 16.9. The molecule has 140 valence electrons.